The number of hydrogen-bond acceptors (Lipinski definition) is 2. The van der Waals surface area contributed by atoms with Gasteiger partial charge in [0.25, 0.3) is 0 Å². The molecule has 0 bridgehead atoms. The maximum Gasteiger partial charge on any atom is 0.174 e. The van der Waals surface area contributed by atoms with Gasteiger partial charge < -0.3 is 10.4 Å². The number of benzene rings is 1. The number of nitrogens with one attached hydrogen (secondary N) is 1. The highest BCUT2D eigenvalue weighted by atomic mass is 32.1. The zero-order valence-corrected chi connectivity index (χ0v) is 8.63. The van der Waals surface area contributed by atoms with Crippen LogP contribution in [0.2, 0.25) is 0 Å². The molecule has 1 aliphatic rings. The Morgan fingerprint density at radius 2 is 2.07 bits per heavy atom. The smallest absolute Gasteiger partial charge is 0.174 e. The molecule has 0 aliphatic carbocycles. The van der Waals surface area contributed by atoms with Gasteiger partial charge in [-0.05, 0) is 30.1 Å². The quantitative estimate of drug-likeness (QED) is 0.728. The lowest BCUT2D eigenvalue weighted by Crippen LogP contribution is -2.28. The summed E-state index contributed by atoms with van der Waals surface area (Å²) in [7, 11) is 0. The van der Waals surface area contributed by atoms with Gasteiger partial charge in [0.05, 0.1) is 6.04 Å². The molecule has 1 aromatic carbocycles. The van der Waals surface area contributed by atoms with Crippen molar-refractivity contribution in [2.75, 3.05) is 6.54 Å². The summed E-state index contributed by atoms with van der Waals surface area (Å²) < 4.78 is 0. The average Bonchev–Trinajstić information content (AvgIpc) is 2.68. The molecule has 1 heterocycles. The molecule has 0 aromatic heterocycles. The second-order valence-electron chi connectivity index (χ2n) is 3.64. The molecule has 3 heteroatoms. The van der Waals surface area contributed by atoms with Crippen LogP contribution in [0, 0.1) is 0 Å². The van der Waals surface area contributed by atoms with Crippen LogP contribution in [-0.2, 0) is 0 Å². The Bertz CT molecular complexity index is 325. The van der Waals surface area contributed by atoms with Gasteiger partial charge in [-0.3, -0.25) is 0 Å². The lowest BCUT2D eigenvalue weighted by Gasteiger charge is -2.08. The SMILES string of the molecule is OC(=S)C1CC(c2ccccc2)CN1. The molecule has 14 heavy (non-hydrogen) atoms. The van der Waals surface area contributed by atoms with Gasteiger partial charge in [-0.25, -0.2) is 0 Å². The molecule has 2 atom stereocenters. The highest BCUT2D eigenvalue weighted by Crippen LogP contribution is 2.25. The average molecular weight is 207 g/mol. The van der Waals surface area contributed by atoms with Crippen LogP contribution in [0.25, 0.3) is 0 Å². The maximum absolute atomic E-state index is 9.19. The second-order valence-corrected chi connectivity index (χ2v) is 4.06. The van der Waals surface area contributed by atoms with E-state index < -0.39 is 0 Å². The van der Waals surface area contributed by atoms with Crippen molar-refractivity contribution in [2.24, 2.45) is 0 Å². The minimum Gasteiger partial charge on any atom is -0.501 e. The minimum atomic E-state index is -0.00444. The number of aliphatic hydroxyl groups excluding tert-OH is 1. The van der Waals surface area contributed by atoms with Crippen LogP contribution in [0.15, 0.2) is 30.3 Å². The van der Waals surface area contributed by atoms with Crippen LogP contribution in [0.1, 0.15) is 17.9 Å². The van der Waals surface area contributed by atoms with Crippen LogP contribution < -0.4 is 5.32 Å². The summed E-state index contributed by atoms with van der Waals surface area (Å²) in [5, 5.41) is 12.5. The van der Waals surface area contributed by atoms with Crippen LogP contribution in [0.5, 0.6) is 0 Å². The molecule has 1 saturated heterocycles. The number of aliphatic hydroxyl groups is 1. The van der Waals surface area contributed by atoms with Gasteiger partial charge in [0.1, 0.15) is 0 Å². The van der Waals surface area contributed by atoms with Crippen LogP contribution in [0.4, 0.5) is 0 Å². The van der Waals surface area contributed by atoms with Crippen molar-refractivity contribution in [3.63, 3.8) is 0 Å². The Hall–Kier alpha value is -0.930. The summed E-state index contributed by atoms with van der Waals surface area (Å²) >= 11 is 4.75. The molecular formula is C11H13NOS. The van der Waals surface area contributed by atoms with Crippen molar-refractivity contribution < 1.29 is 5.11 Å². The second kappa shape index (κ2) is 4.07. The first kappa shape index (κ1) is 9.62. The monoisotopic (exact) mass is 207 g/mol. The first-order chi connectivity index (χ1) is 6.77. The molecule has 2 unspecified atom stereocenters. The Balaban J connectivity index is 2.06. The van der Waals surface area contributed by atoms with Crippen LogP contribution >= 0.6 is 12.2 Å². The van der Waals surface area contributed by atoms with Gasteiger partial charge in [-0.15, -0.1) is 0 Å². The van der Waals surface area contributed by atoms with Crippen molar-refractivity contribution >= 4 is 17.3 Å². The number of hydrogen-bond donors (Lipinski definition) is 2. The third-order valence-electron chi connectivity index (χ3n) is 2.70. The molecule has 2 N–H and O–H groups in total. The van der Waals surface area contributed by atoms with Gasteiger partial charge >= 0.3 is 0 Å². The molecule has 0 saturated carbocycles. The molecule has 0 spiro atoms. The zero-order valence-electron chi connectivity index (χ0n) is 7.81. The number of rotatable bonds is 2. The fraction of sp³-hybridized carbons (Fsp3) is 0.364. The molecule has 2 nitrogen and oxygen atoms in total. The van der Waals surface area contributed by atoms with E-state index >= 15 is 0 Å². The largest absolute Gasteiger partial charge is 0.501 e. The highest BCUT2D eigenvalue weighted by Gasteiger charge is 2.27. The molecule has 0 amide bonds. The normalized spacial score (nSPS) is 26.3. The first-order valence-electron chi connectivity index (χ1n) is 4.78. The van der Waals surface area contributed by atoms with Crippen molar-refractivity contribution in [1.29, 1.82) is 0 Å². The van der Waals surface area contributed by atoms with Crippen molar-refractivity contribution in [1.82, 2.24) is 5.32 Å². The summed E-state index contributed by atoms with van der Waals surface area (Å²) in [5.41, 5.74) is 1.32. The Labute approximate surface area is 89.0 Å². The highest BCUT2D eigenvalue weighted by molar-refractivity contribution is 7.80. The Morgan fingerprint density at radius 1 is 1.36 bits per heavy atom. The van der Waals surface area contributed by atoms with Gasteiger partial charge in [-0.2, -0.15) is 0 Å². The van der Waals surface area contributed by atoms with E-state index in [9.17, 15) is 5.11 Å². The summed E-state index contributed by atoms with van der Waals surface area (Å²) in [5.74, 6) is 0.478. The van der Waals surface area contributed by atoms with Gasteiger partial charge in [0.15, 0.2) is 5.05 Å². The summed E-state index contributed by atoms with van der Waals surface area (Å²) in [6, 6.07) is 10.3. The van der Waals surface area contributed by atoms with Crippen LogP contribution in [0.3, 0.4) is 0 Å². The fourth-order valence-electron chi connectivity index (χ4n) is 1.90. The molecular weight excluding hydrogens is 194 g/mol. The lowest BCUT2D eigenvalue weighted by molar-refractivity contribution is 0.516. The molecule has 1 aliphatic heterocycles. The lowest BCUT2D eigenvalue weighted by atomic mass is 9.97. The van der Waals surface area contributed by atoms with Crippen molar-refractivity contribution in [3.05, 3.63) is 35.9 Å². The van der Waals surface area contributed by atoms with E-state index in [0.717, 1.165) is 13.0 Å². The molecule has 0 radical (unpaired) electrons. The van der Waals surface area contributed by atoms with E-state index in [1.165, 1.54) is 5.56 Å². The van der Waals surface area contributed by atoms with E-state index in [4.69, 9.17) is 12.2 Å². The fourth-order valence-corrected chi connectivity index (χ4v) is 2.08. The molecule has 74 valence electrons. The van der Waals surface area contributed by atoms with E-state index in [0.29, 0.717) is 5.92 Å². The van der Waals surface area contributed by atoms with E-state index in [1.807, 2.05) is 18.2 Å². The van der Waals surface area contributed by atoms with Gasteiger partial charge in [0, 0.05) is 6.54 Å². The topological polar surface area (TPSA) is 32.3 Å². The Morgan fingerprint density at radius 3 is 2.64 bits per heavy atom. The van der Waals surface area contributed by atoms with Gasteiger partial charge in [0.2, 0.25) is 0 Å². The van der Waals surface area contributed by atoms with E-state index in [1.54, 1.807) is 0 Å². The van der Waals surface area contributed by atoms with Crippen molar-refractivity contribution in [3.8, 4) is 0 Å². The third kappa shape index (κ3) is 1.94. The zero-order chi connectivity index (χ0) is 9.97. The van der Waals surface area contributed by atoms with Gasteiger partial charge in [-0.1, -0.05) is 30.3 Å². The standard InChI is InChI=1S/C11H13NOS/c13-11(14)10-6-9(7-12-10)8-4-2-1-3-5-8/h1-5,9-10,12H,6-7H2,(H,13,14). The van der Waals surface area contributed by atoms with E-state index in [-0.39, 0.29) is 11.1 Å². The number of thiocarbonyl (C=S) groups is 1. The Kier molecular flexibility index (Phi) is 2.79. The van der Waals surface area contributed by atoms with E-state index in [2.05, 4.69) is 17.4 Å². The minimum absolute atomic E-state index is 0.00444. The van der Waals surface area contributed by atoms with Crippen molar-refractivity contribution in [2.45, 2.75) is 18.4 Å². The summed E-state index contributed by atoms with van der Waals surface area (Å²) in [6.45, 7) is 0.898. The summed E-state index contributed by atoms with van der Waals surface area (Å²) in [4.78, 5) is 0. The first-order valence-corrected chi connectivity index (χ1v) is 5.19. The van der Waals surface area contributed by atoms with Crippen LogP contribution in [-0.4, -0.2) is 22.7 Å². The third-order valence-corrected chi connectivity index (χ3v) is 2.98. The molecule has 1 aromatic rings. The maximum atomic E-state index is 9.19. The molecule has 1 fully saturated rings. The predicted octanol–water partition coefficient (Wildman–Crippen LogP) is 2.02. The molecule has 2 rings (SSSR count). The summed E-state index contributed by atoms with van der Waals surface area (Å²) in [6.07, 6.45) is 0.902. The predicted molar refractivity (Wildman–Crippen MR) is 60.8 cm³/mol.